The molecule has 3 atom stereocenters. The summed E-state index contributed by atoms with van der Waals surface area (Å²) in [5.41, 5.74) is -0.0487. The molecule has 0 aliphatic rings. The molecule has 31 heavy (non-hydrogen) atoms. The molecule has 0 fully saturated rings. The molecule has 0 unspecified atom stereocenters. The van der Waals surface area contributed by atoms with E-state index < -0.39 is 54.1 Å². The molecular formula is C21H30N2O8. The Morgan fingerprint density at radius 2 is 1.68 bits per heavy atom. The Kier molecular flexibility index (Phi) is 9.94. The summed E-state index contributed by atoms with van der Waals surface area (Å²) >= 11 is 0. The number of rotatable bonds is 9. The normalized spacial score (nSPS) is 13.9. The fourth-order valence-electron chi connectivity index (χ4n) is 2.44. The van der Waals surface area contributed by atoms with E-state index in [0.717, 1.165) is 12.7 Å². The number of hydrogen-bond acceptors (Lipinski definition) is 8. The lowest BCUT2D eigenvalue weighted by Crippen LogP contribution is -2.56. The van der Waals surface area contributed by atoms with E-state index >= 15 is 0 Å². The number of nitrogens with one attached hydrogen (secondary N) is 2. The smallest absolute Gasteiger partial charge is 0.408 e. The summed E-state index contributed by atoms with van der Waals surface area (Å²) in [6, 6.07) is 6.07. The second-order valence-corrected chi connectivity index (χ2v) is 7.80. The third-order valence-electron chi connectivity index (χ3n) is 3.84. The molecule has 1 rings (SSSR count). The predicted octanol–water partition coefficient (Wildman–Crippen LogP) is 1.05. The predicted molar refractivity (Wildman–Crippen MR) is 110 cm³/mol. The van der Waals surface area contributed by atoms with Crippen molar-refractivity contribution in [3.8, 4) is 0 Å². The lowest BCUT2D eigenvalue weighted by Gasteiger charge is -2.24. The molecule has 0 saturated heterocycles. The fourth-order valence-corrected chi connectivity index (χ4v) is 2.44. The lowest BCUT2D eigenvalue weighted by atomic mass is 10.1. The molecule has 0 heterocycles. The molecule has 0 bridgehead atoms. The fraction of sp³-hybridized carbons (Fsp3) is 0.524. The summed E-state index contributed by atoms with van der Waals surface area (Å²) in [7, 11) is 1.10. The first-order valence-corrected chi connectivity index (χ1v) is 9.68. The number of alkyl carbamates (subject to hydrolysis) is 1. The van der Waals surface area contributed by atoms with Crippen LogP contribution in [-0.4, -0.2) is 59.9 Å². The van der Waals surface area contributed by atoms with Crippen LogP contribution in [0, 0.1) is 0 Å². The zero-order valence-corrected chi connectivity index (χ0v) is 18.3. The third kappa shape index (κ3) is 9.94. The highest BCUT2D eigenvalue weighted by Crippen LogP contribution is 2.10. The first-order valence-electron chi connectivity index (χ1n) is 9.68. The molecule has 1 aromatic carbocycles. The summed E-state index contributed by atoms with van der Waals surface area (Å²) in [6.07, 6.45) is -2.74. The summed E-state index contributed by atoms with van der Waals surface area (Å²) in [5, 5.41) is 14.5. The van der Waals surface area contributed by atoms with Crippen molar-refractivity contribution in [2.45, 2.75) is 64.5 Å². The second-order valence-electron chi connectivity index (χ2n) is 7.80. The number of aliphatic hydroxyl groups is 1. The van der Waals surface area contributed by atoms with Crippen molar-refractivity contribution in [3.05, 3.63) is 35.9 Å². The molecule has 1 aromatic rings. The Morgan fingerprint density at radius 3 is 2.19 bits per heavy atom. The largest absolute Gasteiger partial charge is 0.467 e. The Bertz CT molecular complexity index is 758. The third-order valence-corrected chi connectivity index (χ3v) is 3.84. The van der Waals surface area contributed by atoms with Crippen LogP contribution in [0.1, 0.15) is 39.7 Å². The van der Waals surface area contributed by atoms with Gasteiger partial charge in [-0.15, -0.1) is 0 Å². The van der Waals surface area contributed by atoms with E-state index in [4.69, 9.17) is 9.47 Å². The number of aliphatic hydroxyl groups excluding tert-OH is 1. The van der Waals surface area contributed by atoms with Crippen molar-refractivity contribution in [2.75, 3.05) is 7.11 Å². The minimum absolute atomic E-state index is 0.0374. The van der Waals surface area contributed by atoms with E-state index in [-0.39, 0.29) is 6.61 Å². The molecule has 3 N–H and O–H groups in total. The molecule has 0 saturated carbocycles. The van der Waals surface area contributed by atoms with E-state index in [1.54, 1.807) is 45.0 Å². The van der Waals surface area contributed by atoms with Crippen molar-refractivity contribution in [1.82, 2.24) is 10.6 Å². The van der Waals surface area contributed by atoms with Crippen LogP contribution in [0.2, 0.25) is 0 Å². The van der Waals surface area contributed by atoms with Crippen LogP contribution in [-0.2, 0) is 35.2 Å². The van der Waals surface area contributed by atoms with Gasteiger partial charge in [0, 0.05) is 0 Å². The van der Waals surface area contributed by atoms with Gasteiger partial charge in [-0.3, -0.25) is 9.59 Å². The van der Waals surface area contributed by atoms with Gasteiger partial charge in [0.15, 0.2) is 0 Å². The highest BCUT2D eigenvalue weighted by atomic mass is 16.6. The minimum Gasteiger partial charge on any atom is -0.467 e. The lowest BCUT2D eigenvalue weighted by molar-refractivity contribution is -0.159. The number of carbonyl (C=O) groups is 4. The summed E-state index contributed by atoms with van der Waals surface area (Å²) < 4.78 is 14.8. The van der Waals surface area contributed by atoms with Crippen LogP contribution in [0.15, 0.2) is 30.3 Å². The molecule has 2 amide bonds. The number of methoxy groups -OCH3 is 1. The van der Waals surface area contributed by atoms with E-state index in [1.165, 1.54) is 6.92 Å². The molecule has 0 aromatic heterocycles. The summed E-state index contributed by atoms with van der Waals surface area (Å²) in [5.74, 6) is -2.51. The molecule has 0 aliphatic heterocycles. The Morgan fingerprint density at radius 1 is 1.06 bits per heavy atom. The van der Waals surface area contributed by atoms with Gasteiger partial charge in [-0.05, 0) is 33.3 Å². The van der Waals surface area contributed by atoms with Crippen molar-refractivity contribution in [3.63, 3.8) is 0 Å². The number of ether oxygens (including phenoxy) is 3. The maximum atomic E-state index is 12.6. The second kappa shape index (κ2) is 11.9. The Hall–Kier alpha value is -3.14. The van der Waals surface area contributed by atoms with Crippen LogP contribution < -0.4 is 10.6 Å². The van der Waals surface area contributed by atoms with Crippen molar-refractivity contribution in [2.24, 2.45) is 0 Å². The van der Waals surface area contributed by atoms with E-state index in [1.807, 2.05) is 6.07 Å². The maximum absolute atomic E-state index is 12.6. The van der Waals surface area contributed by atoms with Gasteiger partial charge in [0.05, 0.1) is 19.6 Å². The Labute approximate surface area is 181 Å². The zero-order valence-electron chi connectivity index (χ0n) is 18.3. The quantitative estimate of drug-likeness (QED) is 0.384. The van der Waals surface area contributed by atoms with E-state index in [0.29, 0.717) is 0 Å². The molecule has 0 aliphatic carbocycles. The van der Waals surface area contributed by atoms with Gasteiger partial charge >= 0.3 is 18.0 Å². The average molecular weight is 438 g/mol. The van der Waals surface area contributed by atoms with Crippen molar-refractivity contribution < 1.29 is 38.5 Å². The van der Waals surface area contributed by atoms with Crippen molar-refractivity contribution in [1.29, 1.82) is 0 Å². The van der Waals surface area contributed by atoms with Crippen LogP contribution in [0.3, 0.4) is 0 Å². The zero-order chi connectivity index (χ0) is 23.6. The molecule has 172 valence electrons. The number of benzene rings is 1. The number of amides is 2. The summed E-state index contributed by atoms with van der Waals surface area (Å²) in [4.78, 5) is 48.7. The number of carbonyl (C=O) groups excluding carboxylic acids is 4. The number of hydrogen-bond donors (Lipinski definition) is 3. The molecule has 10 nitrogen and oxygen atoms in total. The van der Waals surface area contributed by atoms with Crippen molar-refractivity contribution >= 4 is 23.9 Å². The molecule has 0 spiro atoms. The minimum atomic E-state index is -1.44. The van der Waals surface area contributed by atoms with Gasteiger partial charge in [0.2, 0.25) is 5.91 Å². The van der Waals surface area contributed by atoms with E-state index in [9.17, 15) is 24.3 Å². The SMILES string of the molecule is COC(=O)[C@H](CC(=O)OC(C)(C)C)NC(=O)[C@@H](NC(=O)OCc1ccccc1)[C@@H](C)O. The van der Waals surface area contributed by atoms with Gasteiger partial charge in [-0.1, -0.05) is 30.3 Å². The highest BCUT2D eigenvalue weighted by molar-refractivity contribution is 5.91. The van der Waals surface area contributed by atoms with Crippen LogP contribution >= 0.6 is 0 Å². The van der Waals surface area contributed by atoms with Gasteiger partial charge in [-0.25, -0.2) is 9.59 Å². The average Bonchev–Trinajstić information content (AvgIpc) is 2.68. The molecular weight excluding hydrogens is 408 g/mol. The monoisotopic (exact) mass is 438 g/mol. The van der Waals surface area contributed by atoms with Crippen LogP contribution in [0.5, 0.6) is 0 Å². The first kappa shape index (κ1) is 25.9. The van der Waals surface area contributed by atoms with Gasteiger partial charge in [-0.2, -0.15) is 0 Å². The van der Waals surface area contributed by atoms with Crippen LogP contribution in [0.25, 0.3) is 0 Å². The van der Waals surface area contributed by atoms with Gasteiger partial charge in [0.25, 0.3) is 0 Å². The topological polar surface area (TPSA) is 140 Å². The van der Waals surface area contributed by atoms with Crippen LogP contribution in [0.4, 0.5) is 4.79 Å². The maximum Gasteiger partial charge on any atom is 0.408 e. The van der Waals surface area contributed by atoms with Gasteiger partial charge < -0.3 is 30.0 Å². The Balaban J connectivity index is 2.76. The summed E-state index contributed by atoms with van der Waals surface area (Å²) in [6.45, 7) is 6.22. The first-order chi connectivity index (χ1) is 14.4. The van der Waals surface area contributed by atoms with Gasteiger partial charge in [0.1, 0.15) is 24.3 Å². The van der Waals surface area contributed by atoms with E-state index in [2.05, 4.69) is 15.4 Å². The molecule has 10 heteroatoms. The standard InChI is InChI=1S/C21H30N2O8/c1-13(24)17(23-20(28)30-12-14-9-7-6-8-10-14)18(26)22-15(19(27)29-5)11-16(25)31-21(2,3)4/h6-10,13,15,17,24H,11-12H2,1-5H3,(H,22,26)(H,23,28)/t13-,15+,17+/m1/s1. The highest BCUT2D eigenvalue weighted by Gasteiger charge is 2.32. The number of esters is 2. The molecule has 0 radical (unpaired) electrons.